The summed E-state index contributed by atoms with van der Waals surface area (Å²) in [4.78, 5) is 12.2. The first-order valence-corrected chi connectivity index (χ1v) is 8.62. The number of hydrogen-bond donors (Lipinski definition) is 1. The van der Waals surface area contributed by atoms with Gasteiger partial charge in [0.2, 0.25) is 0 Å². The maximum Gasteiger partial charge on any atom is 0.277 e. The maximum atomic E-state index is 12.2. The van der Waals surface area contributed by atoms with Crippen LogP contribution in [0.1, 0.15) is 21.5 Å². The molecule has 0 aliphatic rings. The quantitative estimate of drug-likeness (QED) is 0.371. The smallest absolute Gasteiger partial charge is 0.267 e. The minimum absolute atomic E-state index is 0. The van der Waals surface area contributed by atoms with Crippen molar-refractivity contribution in [2.75, 3.05) is 0 Å². The van der Waals surface area contributed by atoms with Crippen molar-refractivity contribution in [1.29, 1.82) is 0 Å². The fourth-order valence-corrected chi connectivity index (χ4v) is 2.59. The van der Waals surface area contributed by atoms with Crippen LogP contribution in [-0.4, -0.2) is 12.1 Å². The molecule has 3 rings (SSSR count). The number of nitrogens with one attached hydrogen (secondary N) is 1. The Morgan fingerprint density at radius 2 is 1.77 bits per heavy atom. The number of carbonyl (C=O) groups excluding carboxylic acids is 1. The van der Waals surface area contributed by atoms with Crippen LogP contribution in [0.5, 0.6) is 0 Å². The lowest BCUT2D eigenvalue weighted by atomic mass is 10.2. The fraction of sp³-hybridized carbons (Fsp3) is 0.0500. The van der Waals surface area contributed by atoms with Gasteiger partial charge < -0.3 is 0 Å². The first-order valence-electron chi connectivity index (χ1n) is 7.83. The Morgan fingerprint density at radius 1 is 1.04 bits per heavy atom. The molecule has 6 heteroatoms. The third-order valence-corrected chi connectivity index (χ3v) is 4.11. The van der Waals surface area contributed by atoms with Crippen molar-refractivity contribution >= 4 is 40.5 Å². The molecule has 0 fully saturated rings. The summed E-state index contributed by atoms with van der Waals surface area (Å²) in [7, 11) is 0. The lowest BCUT2D eigenvalue weighted by molar-refractivity contribution is -0.688. The van der Waals surface area contributed by atoms with E-state index in [9.17, 15) is 4.79 Å². The predicted octanol–water partition coefficient (Wildman–Crippen LogP) is 3.97. The molecule has 1 aromatic heterocycles. The zero-order valence-corrected chi connectivity index (χ0v) is 16.3. The number of benzene rings is 2. The Bertz CT molecular complexity index is 883. The van der Waals surface area contributed by atoms with Crippen LogP contribution in [-0.2, 0) is 6.54 Å². The van der Waals surface area contributed by atoms with Crippen molar-refractivity contribution < 1.29 is 9.36 Å². The highest BCUT2D eigenvalue weighted by atomic mass is 79.9. The highest BCUT2D eigenvalue weighted by Gasteiger charge is 2.10. The number of rotatable bonds is 5. The molecule has 0 saturated carbocycles. The lowest BCUT2D eigenvalue weighted by Crippen LogP contribution is -2.35. The monoisotopic (exact) mass is 430 g/mol. The molecule has 3 aromatic rings. The van der Waals surface area contributed by atoms with Crippen LogP contribution >= 0.6 is 28.3 Å². The maximum absolute atomic E-state index is 12.2. The van der Waals surface area contributed by atoms with Gasteiger partial charge in [-0.15, -0.1) is 12.4 Å². The number of aromatic nitrogens is 1. The molecule has 0 bridgehead atoms. The molecule has 0 radical (unpaired) electrons. The number of hydrogen-bond acceptors (Lipinski definition) is 2. The third kappa shape index (κ3) is 5.79. The summed E-state index contributed by atoms with van der Waals surface area (Å²) >= 11 is 3.38. The summed E-state index contributed by atoms with van der Waals surface area (Å²) in [5.41, 5.74) is 5.21. The van der Waals surface area contributed by atoms with E-state index in [0.717, 1.165) is 10.0 Å². The van der Waals surface area contributed by atoms with E-state index < -0.39 is 0 Å². The van der Waals surface area contributed by atoms with Crippen LogP contribution in [0.4, 0.5) is 0 Å². The van der Waals surface area contributed by atoms with Gasteiger partial charge in [0.1, 0.15) is 5.56 Å². The van der Waals surface area contributed by atoms with Crippen molar-refractivity contribution in [2.24, 2.45) is 5.10 Å². The summed E-state index contributed by atoms with van der Waals surface area (Å²) in [5.74, 6) is -0.240. The van der Waals surface area contributed by atoms with E-state index in [-0.39, 0.29) is 18.3 Å². The summed E-state index contributed by atoms with van der Waals surface area (Å²) in [6.45, 7) is 0.712. The molecule has 4 nitrogen and oxygen atoms in total. The summed E-state index contributed by atoms with van der Waals surface area (Å²) < 4.78 is 2.98. The minimum Gasteiger partial charge on any atom is -0.267 e. The molecular weight excluding hydrogens is 414 g/mol. The molecule has 0 aliphatic heterocycles. The molecule has 1 heterocycles. The number of halogens is 2. The van der Waals surface area contributed by atoms with Crippen molar-refractivity contribution in [3.8, 4) is 0 Å². The van der Waals surface area contributed by atoms with Crippen LogP contribution < -0.4 is 9.99 Å². The van der Waals surface area contributed by atoms with Crippen molar-refractivity contribution in [1.82, 2.24) is 5.43 Å². The van der Waals surface area contributed by atoms with E-state index >= 15 is 0 Å². The average molecular weight is 432 g/mol. The standard InChI is InChI=1S/C20H16BrN3O.ClH/c21-19-10-8-16(9-11-19)13-22-23-20(25)18-7-4-12-24(15-18)14-17-5-2-1-3-6-17;/h1-13,15H,14H2;1H/p+1/b22-13+;. The zero-order chi connectivity index (χ0) is 17.5. The van der Waals surface area contributed by atoms with Crippen LogP contribution in [0.2, 0.25) is 0 Å². The zero-order valence-electron chi connectivity index (χ0n) is 13.9. The van der Waals surface area contributed by atoms with Crippen LogP contribution in [0.25, 0.3) is 0 Å². The van der Waals surface area contributed by atoms with Crippen molar-refractivity contribution in [2.45, 2.75) is 6.54 Å². The molecule has 0 spiro atoms. The van der Waals surface area contributed by atoms with Gasteiger partial charge in [0.05, 0.1) is 6.21 Å². The van der Waals surface area contributed by atoms with Gasteiger partial charge in [-0.3, -0.25) is 4.79 Å². The molecule has 1 amide bonds. The Hall–Kier alpha value is -2.50. The van der Waals surface area contributed by atoms with Gasteiger partial charge in [0.15, 0.2) is 18.9 Å². The second kappa shape index (κ2) is 9.85. The predicted molar refractivity (Wildman–Crippen MR) is 109 cm³/mol. The van der Waals surface area contributed by atoms with Gasteiger partial charge in [0.25, 0.3) is 5.91 Å². The van der Waals surface area contributed by atoms with Crippen molar-refractivity contribution in [3.05, 3.63) is 100 Å². The van der Waals surface area contributed by atoms with Crippen molar-refractivity contribution in [3.63, 3.8) is 0 Å². The van der Waals surface area contributed by atoms with Crippen LogP contribution in [0, 0.1) is 0 Å². The van der Waals surface area contributed by atoms with E-state index in [2.05, 4.69) is 38.6 Å². The molecule has 26 heavy (non-hydrogen) atoms. The molecular formula is C20H18BrClN3O+. The Morgan fingerprint density at radius 3 is 2.50 bits per heavy atom. The Balaban J connectivity index is 0.00000243. The van der Waals surface area contributed by atoms with Gasteiger partial charge in [0, 0.05) is 16.1 Å². The Kier molecular flexibility index (Phi) is 7.51. The van der Waals surface area contributed by atoms with E-state index in [1.54, 1.807) is 12.3 Å². The molecule has 2 aromatic carbocycles. The lowest BCUT2D eigenvalue weighted by Gasteiger charge is -2.01. The van der Waals surface area contributed by atoms with E-state index in [0.29, 0.717) is 12.1 Å². The number of pyridine rings is 1. The fourth-order valence-electron chi connectivity index (χ4n) is 2.33. The highest BCUT2D eigenvalue weighted by Crippen LogP contribution is 2.09. The summed E-state index contributed by atoms with van der Waals surface area (Å²) in [5, 5.41) is 4.01. The third-order valence-electron chi connectivity index (χ3n) is 3.58. The van der Waals surface area contributed by atoms with Crippen LogP contribution in [0.3, 0.4) is 0 Å². The average Bonchev–Trinajstić information content (AvgIpc) is 2.64. The first kappa shape index (κ1) is 19.8. The minimum atomic E-state index is -0.240. The first-order chi connectivity index (χ1) is 12.2. The number of hydrazone groups is 1. The second-order valence-corrected chi connectivity index (χ2v) is 6.42. The van der Waals surface area contributed by atoms with E-state index in [1.807, 2.05) is 65.5 Å². The molecule has 0 atom stereocenters. The SMILES string of the molecule is Cl.O=C(N/N=C/c1ccc(Br)cc1)c1ccc[n+](Cc2ccccc2)c1. The van der Waals surface area contributed by atoms with Gasteiger partial charge in [-0.25, -0.2) is 5.43 Å². The normalized spacial score (nSPS) is 10.3. The number of amides is 1. The van der Waals surface area contributed by atoms with Crippen LogP contribution in [0.15, 0.2) is 88.7 Å². The van der Waals surface area contributed by atoms with Gasteiger partial charge in [-0.1, -0.05) is 58.4 Å². The summed E-state index contributed by atoms with van der Waals surface area (Å²) in [6, 6.07) is 21.4. The van der Waals surface area contributed by atoms with Gasteiger partial charge in [-0.05, 0) is 23.8 Å². The van der Waals surface area contributed by atoms with Gasteiger partial charge >= 0.3 is 0 Å². The molecule has 132 valence electrons. The van der Waals surface area contributed by atoms with E-state index in [1.165, 1.54) is 5.56 Å². The van der Waals surface area contributed by atoms with Gasteiger partial charge in [-0.2, -0.15) is 9.67 Å². The highest BCUT2D eigenvalue weighted by molar-refractivity contribution is 9.10. The second-order valence-electron chi connectivity index (χ2n) is 5.50. The number of carbonyl (C=O) groups is 1. The van der Waals surface area contributed by atoms with E-state index in [4.69, 9.17) is 0 Å². The molecule has 0 unspecified atom stereocenters. The topological polar surface area (TPSA) is 45.3 Å². The largest absolute Gasteiger partial charge is 0.277 e. The molecule has 0 saturated heterocycles. The summed E-state index contributed by atoms with van der Waals surface area (Å²) in [6.07, 6.45) is 5.37. The number of nitrogens with zero attached hydrogens (tertiary/aromatic N) is 2. The molecule has 1 N–H and O–H groups in total. The Labute approximate surface area is 167 Å². The molecule has 0 aliphatic carbocycles.